The van der Waals surface area contributed by atoms with E-state index in [0.717, 1.165) is 5.56 Å². The summed E-state index contributed by atoms with van der Waals surface area (Å²) in [5.74, 6) is 0. The normalized spacial score (nSPS) is 13.1. The minimum absolute atomic E-state index is 0.114. The van der Waals surface area contributed by atoms with Gasteiger partial charge >= 0.3 is 6.09 Å². The molecule has 146 valence electrons. The van der Waals surface area contributed by atoms with Gasteiger partial charge in [0.2, 0.25) is 0 Å². The highest BCUT2D eigenvalue weighted by molar-refractivity contribution is 5.77. The highest BCUT2D eigenvalue weighted by atomic mass is 16.5. The first kappa shape index (κ1) is 19.6. The van der Waals surface area contributed by atoms with Crippen molar-refractivity contribution in [3.8, 4) is 0 Å². The van der Waals surface area contributed by atoms with Crippen LogP contribution in [0.4, 0.5) is 4.79 Å². The monoisotopic (exact) mass is 383 g/mol. The van der Waals surface area contributed by atoms with Crippen LogP contribution in [0.15, 0.2) is 70.1 Å². The van der Waals surface area contributed by atoms with Crippen LogP contribution in [-0.2, 0) is 11.3 Å². The van der Waals surface area contributed by atoms with Crippen LogP contribution in [0, 0.1) is 0 Å². The fourth-order valence-corrected chi connectivity index (χ4v) is 2.76. The van der Waals surface area contributed by atoms with Crippen molar-refractivity contribution in [2.45, 2.75) is 25.2 Å². The Hall–Kier alpha value is -3.16. The third-order valence-electron chi connectivity index (χ3n) is 4.31. The summed E-state index contributed by atoms with van der Waals surface area (Å²) in [5.41, 5.74) is 1.44. The van der Waals surface area contributed by atoms with E-state index in [9.17, 15) is 19.8 Å². The van der Waals surface area contributed by atoms with Gasteiger partial charge in [0.1, 0.15) is 18.3 Å². The van der Waals surface area contributed by atoms with Crippen molar-refractivity contribution in [2.75, 3.05) is 6.54 Å². The highest BCUT2D eigenvalue weighted by Gasteiger charge is 2.19. The van der Waals surface area contributed by atoms with Gasteiger partial charge in [-0.1, -0.05) is 36.4 Å². The number of hydrogen-bond acceptors (Lipinski definition) is 6. The predicted molar refractivity (Wildman–Crippen MR) is 103 cm³/mol. The van der Waals surface area contributed by atoms with E-state index in [1.807, 2.05) is 30.3 Å². The van der Waals surface area contributed by atoms with Gasteiger partial charge in [0, 0.05) is 12.6 Å². The van der Waals surface area contributed by atoms with Crippen LogP contribution in [0.25, 0.3) is 11.0 Å². The lowest BCUT2D eigenvalue weighted by Gasteiger charge is -2.18. The van der Waals surface area contributed by atoms with E-state index in [1.165, 1.54) is 18.4 Å². The largest absolute Gasteiger partial charge is 0.464 e. The van der Waals surface area contributed by atoms with Crippen molar-refractivity contribution in [3.05, 3.63) is 82.2 Å². The maximum absolute atomic E-state index is 11.9. The number of amides is 1. The van der Waals surface area contributed by atoms with Crippen molar-refractivity contribution in [3.63, 3.8) is 0 Å². The van der Waals surface area contributed by atoms with Crippen molar-refractivity contribution < 1.29 is 24.2 Å². The number of benzene rings is 2. The first-order valence-electron chi connectivity index (χ1n) is 8.87. The van der Waals surface area contributed by atoms with Gasteiger partial charge < -0.3 is 24.7 Å². The van der Waals surface area contributed by atoms with Gasteiger partial charge in [-0.15, -0.1) is 0 Å². The van der Waals surface area contributed by atoms with Gasteiger partial charge in [-0.05, 0) is 29.7 Å². The van der Waals surface area contributed by atoms with Crippen LogP contribution >= 0.6 is 0 Å². The third-order valence-corrected chi connectivity index (χ3v) is 4.31. The summed E-state index contributed by atoms with van der Waals surface area (Å²) in [7, 11) is 0. The minimum Gasteiger partial charge on any atom is -0.464 e. The maximum atomic E-state index is 11.9. The number of fused-ring (bicyclic) bond motifs is 1. The number of ether oxygens (including phenoxy) is 1. The molecule has 0 saturated carbocycles. The number of carbonyl (C=O) groups is 1. The van der Waals surface area contributed by atoms with Gasteiger partial charge in [0.15, 0.2) is 5.43 Å². The van der Waals surface area contributed by atoms with Crippen molar-refractivity contribution in [1.82, 2.24) is 5.32 Å². The van der Waals surface area contributed by atoms with Crippen LogP contribution in [0.3, 0.4) is 0 Å². The molecule has 2 unspecified atom stereocenters. The van der Waals surface area contributed by atoms with Crippen molar-refractivity contribution in [2.24, 2.45) is 0 Å². The van der Waals surface area contributed by atoms with Crippen LogP contribution < -0.4 is 10.7 Å². The van der Waals surface area contributed by atoms with Gasteiger partial charge in [-0.2, -0.15) is 0 Å². The van der Waals surface area contributed by atoms with Gasteiger partial charge in [0.05, 0.1) is 17.8 Å². The highest BCUT2D eigenvalue weighted by Crippen LogP contribution is 2.22. The Kier molecular flexibility index (Phi) is 6.41. The molecule has 0 spiro atoms. The average molecular weight is 383 g/mol. The van der Waals surface area contributed by atoms with E-state index in [1.54, 1.807) is 12.1 Å². The summed E-state index contributed by atoms with van der Waals surface area (Å²) in [6.45, 7) is 0.277. The zero-order valence-corrected chi connectivity index (χ0v) is 15.1. The average Bonchev–Trinajstić information content (AvgIpc) is 2.72. The lowest BCUT2D eigenvalue weighted by Crippen LogP contribution is -2.29. The number of alkyl carbamates (subject to hydrolysis) is 1. The summed E-state index contributed by atoms with van der Waals surface area (Å²) in [6, 6.07) is 15.2. The smallest absolute Gasteiger partial charge is 0.407 e. The Morgan fingerprint density at radius 1 is 1.11 bits per heavy atom. The molecule has 3 aromatic rings. The van der Waals surface area contributed by atoms with Gasteiger partial charge in [-0.3, -0.25) is 4.79 Å². The number of rotatable bonds is 7. The lowest BCUT2D eigenvalue weighted by atomic mass is 10.0. The second kappa shape index (κ2) is 9.16. The molecule has 0 aliphatic rings. The quantitative estimate of drug-likeness (QED) is 0.578. The van der Waals surface area contributed by atoms with Gasteiger partial charge in [-0.25, -0.2) is 4.79 Å². The summed E-state index contributed by atoms with van der Waals surface area (Å²) >= 11 is 0. The second-order valence-corrected chi connectivity index (χ2v) is 6.33. The minimum atomic E-state index is -1.20. The second-order valence-electron chi connectivity index (χ2n) is 6.33. The molecule has 1 aromatic heterocycles. The fraction of sp³-hybridized carbons (Fsp3) is 0.238. The molecule has 0 saturated heterocycles. The molecule has 0 bridgehead atoms. The summed E-state index contributed by atoms with van der Waals surface area (Å²) in [5, 5.41) is 23.4. The van der Waals surface area contributed by atoms with E-state index >= 15 is 0 Å². The summed E-state index contributed by atoms with van der Waals surface area (Å²) in [6.07, 6.45) is -1.51. The molecule has 2 aromatic carbocycles. The zero-order chi connectivity index (χ0) is 19.9. The molecule has 0 fully saturated rings. The number of aliphatic hydroxyl groups is 2. The lowest BCUT2D eigenvalue weighted by molar-refractivity contribution is 0.0137. The molecule has 0 radical (unpaired) electrons. The van der Waals surface area contributed by atoms with E-state index in [0.29, 0.717) is 16.5 Å². The first-order valence-corrected chi connectivity index (χ1v) is 8.87. The Bertz CT molecular complexity index is 985. The zero-order valence-electron chi connectivity index (χ0n) is 15.1. The molecule has 3 N–H and O–H groups in total. The van der Waals surface area contributed by atoms with Gasteiger partial charge in [0.25, 0.3) is 0 Å². The van der Waals surface area contributed by atoms with Crippen LogP contribution in [-0.4, -0.2) is 29.0 Å². The van der Waals surface area contributed by atoms with E-state index in [-0.39, 0.29) is 25.0 Å². The number of hydrogen-bond donors (Lipinski definition) is 3. The maximum Gasteiger partial charge on any atom is 0.407 e. The van der Waals surface area contributed by atoms with Crippen molar-refractivity contribution >= 4 is 17.1 Å². The predicted octanol–water partition coefficient (Wildman–Crippen LogP) is 2.50. The SMILES string of the molecule is O=C(NCCC(O)C(O)c1ccc2occc(=O)c2c1)OCc1ccccc1. The van der Waals surface area contributed by atoms with Crippen molar-refractivity contribution in [1.29, 1.82) is 0 Å². The molecule has 0 aliphatic heterocycles. The topological polar surface area (TPSA) is 109 Å². The van der Waals surface area contributed by atoms with E-state index in [4.69, 9.17) is 9.15 Å². The molecule has 1 amide bonds. The molecule has 3 rings (SSSR count). The molecule has 0 aliphatic carbocycles. The molecule has 28 heavy (non-hydrogen) atoms. The summed E-state index contributed by atoms with van der Waals surface area (Å²) < 4.78 is 10.3. The van der Waals surface area contributed by atoms with E-state index in [2.05, 4.69) is 5.32 Å². The molecule has 7 nitrogen and oxygen atoms in total. The fourth-order valence-electron chi connectivity index (χ4n) is 2.76. The third kappa shape index (κ3) is 4.97. The Labute approximate surface area is 161 Å². The van der Waals surface area contributed by atoms with E-state index < -0.39 is 18.3 Å². The van der Waals surface area contributed by atoms with Crippen LogP contribution in [0.2, 0.25) is 0 Å². The Morgan fingerprint density at radius 2 is 1.89 bits per heavy atom. The molecule has 2 atom stereocenters. The molecular weight excluding hydrogens is 362 g/mol. The standard InChI is InChI=1S/C21H21NO6/c23-17-9-11-27-19-7-6-15(12-16(17)19)20(25)18(24)8-10-22-21(26)28-13-14-4-2-1-3-5-14/h1-7,9,11-12,18,20,24-25H,8,10,13H2,(H,22,26). The van der Waals surface area contributed by atoms with Crippen LogP contribution in [0.1, 0.15) is 23.7 Å². The molecule has 7 heteroatoms. The number of nitrogens with one attached hydrogen (secondary N) is 1. The Morgan fingerprint density at radius 3 is 2.68 bits per heavy atom. The number of carbonyl (C=O) groups excluding carboxylic acids is 1. The first-order chi connectivity index (χ1) is 13.5. The van der Waals surface area contributed by atoms with Crippen LogP contribution in [0.5, 0.6) is 0 Å². The molecular formula is C21H21NO6. The Balaban J connectivity index is 1.49. The number of aliphatic hydroxyl groups excluding tert-OH is 2. The summed E-state index contributed by atoms with van der Waals surface area (Å²) in [4.78, 5) is 23.6. The molecule has 1 heterocycles.